The van der Waals surface area contributed by atoms with Crippen molar-refractivity contribution in [3.8, 4) is 28.4 Å². The van der Waals surface area contributed by atoms with E-state index in [0.717, 1.165) is 36.3 Å². The first kappa shape index (κ1) is 27.1. The van der Waals surface area contributed by atoms with Crippen LogP contribution < -0.4 is 14.2 Å². The van der Waals surface area contributed by atoms with Crippen molar-refractivity contribution in [1.82, 2.24) is 0 Å². The van der Waals surface area contributed by atoms with Gasteiger partial charge in [0.2, 0.25) is 0 Å². The van der Waals surface area contributed by atoms with Crippen molar-refractivity contribution in [2.24, 2.45) is 5.92 Å². The molecule has 4 heteroatoms. The minimum Gasteiger partial charge on any atom is -0.493 e. The summed E-state index contributed by atoms with van der Waals surface area (Å²) in [4.78, 5) is 12.6. The van der Waals surface area contributed by atoms with Crippen LogP contribution in [0, 0.1) is 5.92 Å². The normalized spacial score (nSPS) is 11.9. The van der Waals surface area contributed by atoms with E-state index in [-0.39, 0.29) is 0 Å². The van der Waals surface area contributed by atoms with Gasteiger partial charge < -0.3 is 14.2 Å². The fourth-order valence-corrected chi connectivity index (χ4v) is 3.53. The number of esters is 1. The minimum absolute atomic E-state index is 0.393. The van der Waals surface area contributed by atoms with Crippen molar-refractivity contribution >= 4 is 5.97 Å². The second-order valence-electron chi connectivity index (χ2n) is 9.13. The third-order valence-electron chi connectivity index (χ3n) is 6.10. The first-order valence-corrected chi connectivity index (χ1v) is 13.1. The van der Waals surface area contributed by atoms with Crippen LogP contribution in [0.15, 0.2) is 85.1 Å². The van der Waals surface area contributed by atoms with E-state index in [4.69, 9.17) is 14.2 Å². The Morgan fingerprint density at radius 2 is 1.39 bits per heavy atom. The van der Waals surface area contributed by atoms with Crippen LogP contribution in [-0.2, 0) is 0 Å². The lowest BCUT2D eigenvalue weighted by atomic mass is 10.0. The smallest absolute Gasteiger partial charge is 0.343 e. The number of benzene rings is 3. The van der Waals surface area contributed by atoms with Gasteiger partial charge in [-0.3, -0.25) is 0 Å². The molecule has 0 radical (unpaired) electrons. The Hall–Kier alpha value is -3.53. The second-order valence-corrected chi connectivity index (χ2v) is 9.13. The van der Waals surface area contributed by atoms with Gasteiger partial charge in [-0.15, -0.1) is 0 Å². The number of hydrogen-bond donors (Lipinski definition) is 0. The zero-order valence-electron chi connectivity index (χ0n) is 21.7. The Morgan fingerprint density at radius 1 is 0.778 bits per heavy atom. The molecule has 3 aromatic rings. The monoisotopic (exact) mass is 486 g/mol. The van der Waals surface area contributed by atoms with E-state index in [1.54, 1.807) is 42.7 Å². The highest BCUT2D eigenvalue weighted by Gasteiger charge is 2.10. The lowest BCUT2D eigenvalue weighted by Crippen LogP contribution is -2.08. The predicted molar refractivity (Wildman–Crippen MR) is 147 cm³/mol. The molecule has 0 fully saturated rings. The number of hydrogen-bond acceptors (Lipinski definition) is 4. The van der Waals surface area contributed by atoms with Gasteiger partial charge in [-0.05, 0) is 84.5 Å². The van der Waals surface area contributed by atoms with E-state index in [2.05, 4.69) is 20.8 Å². The summed E-state index contributed by atoms with van der Waals surface area (Å²) in [6, 6.07) is 22.5. The largest absolute Gasteiger partial charge is 0.493 e. The van der Waals surface area contributed by atoms with E-state index in [1.165, 1.54) is 25.7 Å². The van der Waals surface area contributed by atoms with Crippen LogP contribution in [0.25, 0.3) is 11.1 Å². The van der Waals surface area contributed by atoms with E-state index < -0.39 is 5.97 Å². The summed E-state index contributed by atoms with van der Waals surface area (Å²) in [5.74, 6) is 2.20. The Bertz CT molecular complexity index is 1070. The predicted octanol–water partition coefficient (Wildman–Crippen LogP) is 8.86. The highest BCUT2D eigenvalue weighted by Crippen LogP contribution is 2.24. The topological polar surface area (TPSA) is 44.8 Å². The molecule has 0 saturated heterocycles. The van der Waals surface area contributed by atoms with E-state index >= 15 is 0 Å². The summed E-state index contributed by atoms with van der Waals surface area (Å²) in [6.07, 6.45) is 10.9. The van der Waals surface area contributed by atoms with Crippen molar-refractivity contribution in [3.05, 3.63) is 90.7 Å². The number of carbonyl (C=O) groups is 1. The van der Waals surface area contributed by atoms with Crippen LogP contribution in [0.2, 0.25) is 0 Å². The maximum Gasteiger partial charge on any atom is 0.343 e. The average molecular weight is 487 g/mol. The molecule has 0 aliphatic heterocycles. The molecule has 0 N–H and O–H groups in total. The molecule has 0 aromatic heterocycles. The molecule has 0 unspecified atom stereocenters. The molecule has 3 rings (SSSR count). The lowest BCUT2D eigenvalue weighted by Gasteiger charge is -2.11. The Balaban J connectivity index is 1.48. The Kier molecular flexibility index (Phi) is 11.1. The lowest BCUT2D eigenvalue weighted by molar-refractivity contribution is 0.0734. The van der Waals surface area contributed by atoms with Crippen molar-refractivity contribution in [2.75, 3.05) is 6.61 Å². The van der Waals surface area contributed by atoms with Gasteiger partial charge in [-0.25, -0.2) is 4.79 Å². The summed E-state index contributed by atoms with van der Waals surface area (Å²) >= 11 is 0. The molecule has 0 heterocycles. The van der Waals surface area contributed by atoms with Gasteiger partial charge in [0.05, 0.1) is 18.4 Å². The third kappa shape index (κ3) is 8.92. The molecule has 4 nitrogen and oxygen atoms in total. The molecule has 190 valence electrons. The van der Waals surface area contributed by atoms with Crippen molar-refractivity contribution in [3.63, 3.8) is 0 Å². The molecule has 36 heavy (non-hydrogen) atoms. The first-order chi connectivity index (χ1) is 17.6. The first-order valence-electron chi connectivity index (χ1n) is 13.1. The Labute approximate surface area is 215 Å². The standard InChI is InChI=1S/C32H38O4/c1-4-6-7-8-9-10-23-34-29-19-21-31(22-20-29)36-32(33)28-13-11-26(12-14-28)27-15-17-30(18-16-27)35-24-25(3)5-2/h10-23,25H,4-9,24H2,1-3H3/b23-10+/t25-/m0/s1. The number of unbranched alkanes of at least 4 members (excludes halogenated alkanes) is 4. The second kappa shape index (κ2) is 14.8. The minimum atomic E-state index is -0.393. The molecule has 0 bridgehead atoms. The zero-order valence-corrected chi connectivity index (χ0v) is 21.7. The van der Waals surface area contributed by atoms with Crippen LogP contribution in [0.1, 0.15) is 69.7 Å². The van der Waals surface area contributed by atoms with E-state index in [1.807, 2.05) is 42.5 Å². The maximum atomic E-state index is 12.6. The van der Waals surface area contributed by atoms with Crippen LogP contribution in [0.5, 0.6) is 17.2 Å². The highest BCUT2D eigenvalue weighted by atomic mass is 16.5. The average Bonchev–Trinajstić information content (AvgIpc) is 2.92. The molecule has 0 spiro atoms. The summed E-state index contributed by atoms with van der Waals surface area (Å²) in [7, 11) is 0. The van der Waals surface area contributed by atoms with Gasteiger partial charge in [-0.2, -0.15) is 0 Å². The molecular formula is C32H38O4. The van der Waals surface area contributed by atoms with Gasteiger partial charge in [0.1, 0.15) is 17.2 Å². The van der Waals surface area contributed by atoms with E-state index in [9.17, 15) is 4.79 Å². The highest BCUT2D eigenvalue weighted by molar-refractivity contribution is 5.91. The van der Waals surface area contributed by atoms with Gasteiger partial charge in [-0.1, -0.05) is 70.7 Å². The molecule has 0 aliphatic rings. The SMILES string of the molecule is CCCCCC/C=C/Oc1ccc(OC(=O)c2ccc(-c3ccc(OC[C@@H](C)CC)cc3)cc2)cc1. The van der Waals surface area contributed by atoms with Crippen LogP contribution in [0.4, 0.5) is 0 Å². The fourth-order valence-electron chi connectivity index (χ4n) is 3.53. The number of rotatable bonds is 14. The summed E-state index contributed by atoms with van der Waals surface area (Å²) in [6.45, 7) is 7.28. The van der Waals surface area contributed by atoms with Crippen LogP contribution in [-0.4, -0.2) is 12.6 Å². The van der Waals surface area contributed by atoms with Gasteiger partial charge >= 0.3 is 5.97 Å². The molecule has 0 aliphatic carbocycles. The fraction of sp³-hybridized carbons (Fsp3) is 0.344. The van der Waals surface area contributed by atoms with Crippen molar-refractivity contribution in [2.45, 2.75) is 59.3 Å². The van der Waals surface area contributed by atoms with E-state index in [0.29, 0.717) is 23.0 Å². The van der Waals surface area contributed by atoms with Gasteiger partial charge in [0.15, 0.2) is 0 Å². The molecule has 1 atom stereocenters. The van der Waals surface area contributed by atoms with Crippen molar-refractivity contribution in [1.29, 1.82) is 0 Å². The molecule has 0 amide bonds. The van der Waals surface area contributed by atoms with Crippen molar-refractivity contribution < 1.29 is 19.0 Å². The Morgan fingerprint density at radius 3 is 2.03 bits per heavy atom. The third-order valence-corrected chi connectivity index (χ3v) is 6.10. The van der Waals surface area contributed by atoms with Crippen LogP contribution in [0.3, 0.4) is 0 Å². The van der Waals surface area contributed by atoms with Crippen LogP contribution >= 0.6 is 0 Å². The number of carbonyl (C=O) groups excluding carboxylic acids is 1. The molecular weight excluding hydrogens is 448 g/mol. The summed E-state index contributed by atoms with van der Waals surface area (Å²) in [5.41, 5.74) is 2.59. The van der Waals surface area contributed by atoms with Gasteiger partial charge in [0, 0.05) is 0 Å². The zero-order chi connectivity index (χ0) is 25.6. The number of ether oxygens (including phenoxy) is 3. The van der Waals surface area contributed by atoms with Gasteiger partial charge in [0.25, 0.3) is 0 Å². The maximum absolute atomic E-state index is 12.6. The molecule has 0 saturated carbocycles. The number of allylic oxidation sites excluding steroid dienone is 1. The quantitative estimate of drug-likeness (QED) is 0.0988. The summed E-state index contributed by atoms with van der Waals surface area (Å²) in [5, 5.41) is 0. The molecule has 3 aromatic carbocycles. The summed E-state index contributed by atoms with van der Waals surface area (Å²) < 4.78 is 17.0.